The zero-order chi connectivity index (χ0) is 34.3. The highest BCUT2D eigenvalue weighted by Gasteiger charge is 2.28. The van der Waals surface area contributed by atoms with Crippen molar-refractivity contribution >= 4 is 27.5 Å². The number of sulfone groups is 1. The first-order valence-electron chi connectivity index (χ1n) is 15.7. The molecule has 0 saturated carbocycles. The summed E-state index contributed by atoms with van der Waals surface area (Å²) >= 11 is 0. The quantitative estimate of drug-likeness (QED) is 0.206. The first kappa shape index (κ1) is 33.3. The molecular weight excluding hydrogens is 640 g/mol. The molecule has 13 heteroatoms. The second kappa shape index (κ2) is 13.1. The first-order chi connectivity index (χ1) is 22.8. The number of aryl methyl sites for hydroxylation is 1. The number of benzene rings is 2. The Balaban J connectivity index is 1.22. The molecule has 0 atom stereocenters. The van der Waals surface area contributed by atoms with Gasteiger partial charge in [0.2, 0.25) is 11.6 Å². The van der Waals surface area contributed by atoms with E-state index in [0.29, 0.717) is 40.6 Å². The van der Waals surface area contributed by atoms with Gasteiger partial charge in [0.05, 0.1) is 29.4 Å². The number of fused-ring (bicyclic) bond motifs is 1. The fourth-order valence-electron chi connectivity index (χ4n) is 6.15. The summed E-state index contributed by atoms with van der Waals surface area (Å²) < 4.78 is 65.9. The average Bonchev–Trinajstić information content (AvgIpc) is 3.61. The molecule has 1 aliphatic carbocycles. The van der Waals surface area contributed by atoms with Crippen molar-refractivity contribution < 1.29 is 31.5 Å². The van der Waals surface area contributed by atoms with Crippen LogP contribution in [-0.2, 0) is 22.0 Å². The van der Waals surface area contributed by atoms with Gasteiger partial charge in [-0.05, 0) is 74.6 Å². The number of aromatic nitrogens is 3. The van der Waals surface area contributed by atoms with Crippen LogP contribution >= 0.6 is 0 Å². The molecule has 10 nitrogen and oxygen atoms in total. The fourth-order valence-corrected chi connectivity index (χ4v) is 6.94. The molecule has 48 heavy (non-hydrogen) atoms. The Morgan fingerprint density at radius 1 is 1.10 bits per heavy atom. The molecule has 2 aliphatic rings. The van der Waals surface area contributed by atoms with E-state index >= 15 is 0 Å². The third-order valence-electron chi connectivity index (χ3n) is 8.71. The van der Waals surface area contributed by atoms with Crippen molar-refractivity contribution in [2.24, 2.45) is 0 Å². The summed E-state index contributed by atoms with van der Waals surface area (Å²) in [5, 5.41) is 4.33. The molecule has 1 fully saturated rings. The van der Waals surface area contributed by atoms with Gasteiger partial charge >= 0.3 is 0 Å². The van der Waals surface area contributed by atoms with E-state index in [0.717, 1.165) is 49.2 Å². The van der Waals surface area contributed by atoms with E-state index in [9.17, 15) is 22.0 Å². The van der Waals surface area contributed by atoms with Gasteiger partial charge in [0, 0.05) is 49.0 Å². The van der Waals surface area contributed by atoms with Gasteiger partial charge in [0.25, 0.3) is 0 Å². The Morgan fingerprint density at radius 2 is 1.81 bits per heavy atom. The Morgan fingerprint density at radius 3 is 2.46 bits per heavy atom. The van der Waals surface area contributed by atoms with Crippen LogP contribution in [0.4, 0.5) is 14.6 Å². The van der Waals surface area contributed by atoms with Crippen LogP contribution < -0.4 is 15.2 Å². The zero-order valence-corrected chi connectivity index (χ0v) is 28.0. The monoisotopic (exact) mass is 677 g/mol. The molecule has 1 aliphatic heterocycles. The summed E-state index contributed by atoms with van der Waals surface area (Å²) in [6, 6.07) is 9.00. The number of nitrogens with zero attached hydrogens (tertiary/aromatic N) is 4. The maximum Gasteiger partial charge on any atom is 0.219 e. The molecule has 1 saturated heterocycles. The number of Topliss-reactive ketones (excluding diaryl/α,β-unsaturated/α-hetero) is 1. The maximum atomic E-state index is 14.1. The Bertz CT molecular complexity index is 2010. The maximum absolute atomic E-state index is 14.1. The van der Waals surface area contributed by atoms with E-state index in [4.69, 9.17) is 15.2 Å². The van der Waals surface area contributed by atoms with Crippen LogP contribution in [-0.4, -0.2) is 65.4 Å². The number of likely N-dealkylation sites (tertiary alicyclic amines) is 1. The highest BCUT2D eigenvalue weighted by Crippen LogP contribution is 2.36. The first-order valence-corrected chi connectivity index (χ1v) is 17.8. The van der Waals surface area contributed by atoms with Gasteiger partial charge in [-0.3, -0.25) is 4.79 Å². The number of ketones is 1. The Hall–Kier alpha value is -4.62. The minimum Gasteiger partial charge on any atom is -0.490 e. The van der Waals surface area contributed by atoms with Crippen molar-refractivity contribution in [2.45, 2.75) is 57.9 Å². The van der Waals surface area contributed by atoms with Gasteiger partial charge in [0.1, 0.15) is 17.7 Å². The largest absolute Gasteiger partial charge is 0.490 e. The molecule has 2 aromatic carbocycles. The molecule has 252 valence electrons. The van der Waals surface area contributed by atoms with Crippen LogP contribution in [0.25, 0.3) is 11.8 Å². The van der Waals surface area contributed by atoms with Gasteiger partial charge < -0.3 is 20.1 Å². The summed E-state index contributed by atoms with van der Waals surface area (Å²) in [6.07, 6.45) is 7.69. The fraction of sp³-hybridized carbons (Fsp3) is 0.343. The van der Waals surface area contributed by atoms with Gasteiger partial charge in [-0.1, -0.05) is 12.1 Å². The molecule has 3 heterocycles. The van der Waals surface area contributed by atoms with Crippen molar-refractivity contribution in [3.8, 4) is 23.1 Å². The number of piperidine rings is 1. The van der Waals surface area contributed by atoms with Crippen LogP contribution in [0.3, 0.4) is 0 Å². The molecule has 0 bridgehead atoms. The van der Waals surface area contributed by atoms with E-state index in [2.05, 4.69) is 28.8 Å². The Kier molecular flexibility index (Phi) is 9.10. The third kappa shape index (κ3) is 6.97. The molecule has 0 amide bonds. The van der Waals surface area contributed by atoms with Crippen LogP contribution in [0.1, 0.15) is 59.3 Å². The topological polar surface area (TPSA) is 130 Å². The van der Waals surface area contributed by atoms with Gasteiger partial charge in [-0.25, -0.2) is 26.9 Å². The number of pyridine rings is 1. The zero-order valence-electron chi connectivity index (χ0n) is 27.2. The number of nitrogens with two attached hydrogens (primary N) is 1. The molecule has 4 aromatic rings. The number of hydrogen-bond acceptors (Lipinski definition) is 9. The number of ether oxygens (including phenoxy) is 2. The lowest BCUT2D eigenvalue weighted by Gasteiger charge is -2.35. The van der Waals surface area contributed by atoms with E-state index in [-0.39, 0.29) is 34.9 Å². The lowest BCUT2D eigenvalue weighted by molar-refractivity contribution is 0.0837. The van der Waals surface area contributed by atoms with Crippen molar-refractivity contribution in [1.82, 2.24) is 19.7 Å². The van der Waals surface area contributed by atoms with Crippen LogP contribution in [0.5, 0.6) is 17.4 Å². The number of carbonyl (C=O) groups excluding carboxylic acids is 1. The SMILES string of the molecule is Cc1cc(Oc2c(F)cccc2F)ncc1-n1ncc(C(=O)C2=Cc3cc(OC4CCN(C(C)C)CC4)c(CS(C)(=O)=O)cc3C2)c1N. The van der Waals surface area contributed by atoms with Gasteiger partial charge in [-0.15, -0.1) is 0 Å². The van der Waals surface area contributed by atoms with E-state index in [1.165, 1.54) is 35.5 Å². The normalized spacial score (nSPS) is 15.4. The standard InChI is InChI=1S/C35H37F2N5O5S/c1-20(2)41-10-8-26(9-11-41)46-31-16-23-14-24(13-22(23)15-25(31)19-48(4,44)45)33(43)27-17-40-42(35(27)38)30-18-39-32(12-21(30)3)47-34-28(36)6-5-7-29(34)37/h5-7,12,14-18,20,26H,8-11,13,19,38H2,1-4H3. The molecular formula is C35H37F2N5O5S. The second-order valence-electron chi connectivity index (χ2n) is 12.7. The summed E-state index contributed by atoms with van der Waals surface area (Å²) in [4.78, 5) is 20.3. The number of hydrogen-bond donors (Lipinski definition) is 1. The minimum atomic E-state index is -3.35. The number of rotatable bonds is 10. The highest BCUT2D eigenvalue weighted by atomic mass is 32.2. The predicted octanol–water partition coefficient (Wildman–Crippen LogP) is 5.85. The van der Waals surface area contributed by atoms with E-state index in [1.54, 1.807) is 13.0 Å². The average molecular weight is 678 g/mol. The Labute approximate surface area is 278 Å². The summed E-state index contributed by atoms with van der Waals surface area (Å²) in [5.74, 6) is -2.20. The number of anilines is 1. The number of halogens is 2. The molecule has 2 aromatic heterocycles. The van der Waals surface area contributed by atoms with E-state index < -0.39 is 27.2 Å². The molecule has 6 rings (SSSR count). The van der Waals surface area contributed by atoms with E-state index in [1.807, 2.05) is 12.1 Å². The molecule has 2 N–H and O–H groups in total. The third-order valence-corrected chi connectivity index (χ3v) is 9.54. The van der Waals surface area contributed by atoms with Crippen molar-refractivity contribution in [3.63, 3.8) is 0 Å². The molecule has 0 spiro atoms. The minimum absolute atomic E-state index is 0.0317. The van der Waals surface area contributed by atoms with Crippen LogP contribution in [0, 0.1) is 18.6 Å². The number of para-hydroxylation sites is 1. The van der Waals surface area contributed by atoms with Crippen molar-refractivity contribution in [2.75, 3.05) is 25.1 Å². The lowest BCUT2D eigenvalue weighted by Crippen LogP contribution is -2.41. The van der Waals surface area contributed by atoms with Gasteiger partial charge in [-0.2, -0.15) is 5.10 Å². The van der Waals surface area contributed by atoms with Crippen LogP contribution in [0.2, 0.25) is 0 Å². The molecule has 0 unspecified atom stereocenters. The van der Waals surface area contributed by atoms with Crippen molar-refractivity contribution in [1.29, 1.82) is 0 Å². The summed E-state index contributed by atoms with van der Waals surface area (Å²) in [6.45, 7) is 7.87. The molecule has 0 radical (unpaired) electrons. The number of allylic oxidation sites excluding steroid dienone is 1. The van der Waals surface area contributed by atoms with Crippen molar-refractivity contribution in [3.05, 3.63) is 93.8 Å². The predicted molar refractivity (Wildman–Crippen MR) is 178 cm³/mol. The second-order valence-corrected chi connectivity index (χ2v) is 14.8. The lowest BCUT2D eigenvalue weighted by atomic mass is 10.0. The number of nitrogen functional groups attached to an aromatic ring is 1. The summed E-state index contributed by atoms with van der Waals surface area (Å²) in [5.41, 5.74) is 10.3. The van der Waals surface area contributed by atoms with Gasteiger partial charge in [0.15, 0.2) is 27.3 Å². The number of carbonyl (C=O) groups is 1. The summed E-state index contributed by atoms with van der Waals surface area (Å²) in [7, 11) is -3.35. The highest BCUT2D eigenvalue weighted by molar-refractivity contribution is 7.89. The van der Waals surface area contributed by atoms with Crippen LogP contribution in [0.15, 0.2) is 54.4 Å². The smallest absolute Gasteiger partial charge is 0.219 e.